The van der Waals surface area contributed by atoms with E-state index in [1.165, 1.54) is 42.3 Å². The van der Waals surface area contributed by atoms with E-state index in [1.54, 1.807) is 22.8 Å². The van der Waals surface area contributed by atoms with E-state index in [0.29, 0.717) is 27.7 Å². The van der Waals surface area contributed by atoms with Crippen molar-refractivity contribution in [3.63, 3.8) is 0 Å². The first-order valence-corrected chi connectivity index (χ1v) is 12.5. The normalized spacial score (nSPS) is 19.7. The van der Waals surface area contributed by atoms with Gasteiger partial charge in [0, 0.05) is 39.5 Å². The van der Waals surface area contributed by atoms with E-state index < -0.39 is 17.9 Å². The first kappa shape index (κ1) is 23.8. The van der Waals surface area contributed by atoms with Gasteiger partial charge in [-0.3, -0.25) is 4.79 Å². The molecular formula is C26H18ClF3N8O. The van der Waals surface area contributed by atoms with Crippen molar-refractivity contribution in [3.05, 3.63) is 93.3 Å². The van der Waals surface area contributed by atoms with E-state index in [1.807, 2.05) is 6.07 Å². The molecule has 0 saturated heterocycles. The Hall–Kier alpha value is -4.32. The van der Waals surface area contributed by atoms with E-state index in [0.717, 1.165) is 12.1 Å². The lowest BCUT2D eigenvalue weighted by atomic mass is 10.0. The van der Waals surface area contributed by atoms with Crippen molar-refractivity contribution in [2.45, 2.75) is 31.5 Å². The van der Waals surface area contributed by atoms with Crippen LogP contribution < -0.4 is 5.56 Å². The minimum Gasteiger partial charge on any atom is -0.340 e. The fourth-order valence-electron chi connectivity index (χ4n) is 5.58. The maximum absolute atomic E-state index is 13.7. The Morgan fingerprint density at radius 3 is 2.72 bits per heavy atom. The molecule has 196 valence electrons. The van der Waals surface area contributed by atoms with Crippen LogP contribution >= 0.6 is 11.6 Å². The molecule has 0 spiro atoms. The first-order valence-electron chi connectivity index (χ1n) is 12.1. The van der Waals surface area contributed by atoms with Gasteiger partial charge < -0.3 is 9.55 Å². The fraction of sp³-hybridized carbons (Fsp3) is 0.231. The van der Waals surface area contributed by atoms with Gasteiger partial charge in [-0.15, -0.1) is 5.10 Å². The number of aryl methyl sites for hydroxylation is 1. The van der Waals surface area contributed by atoms with Gasteiger partial charge in [-0.2, -0.15) is 17.9 Å². The number of nitrogens with one attached hydrogen (secondary N) is 1. The van der Waals surface area contributed by atoms with Crippen molar-refractivity contribution in [1.29, 1.82) is 0 Å². The highest BCUT2D eigenvalue weighted by molar-refractivity contribution is 6.31. The van der Waals surface area contributed by atoms with Crippen molar-refractivity contribution in [1.82, 2.24) is 39.7 Å². The second kappa shape index (κ2) is 8.34. The third-order valence-corrected chi connectivity index (χ3v) is 7.57. The van der Waals surface area contributed by atoms with Gasteiger partial charge in [-0.05, 0) is 71.7 Å². The summed E-state index contributed by atoms with van der Waals surface area (Å²) in [5, 5.41) is 11.9. The Balaban J connectivity index is 1.30. The summed E-state index contributed by atoms with van der Waals surface area (Å²) in [5.41, 5.74) is 2.04. The molecule has 0 amide bonds. The molecule has 1 aliphatic heterocycles. The number of aromatic nitrogens is 8. The van der Waals surface area contributed by atoms with Crippen LogP contribution in [-0.2, 0) is 6.18 Å². The molecule has 13 heteroatoms. The van der Waals surface area contributed by atoms with Crippen LogP contribution in [0, 0.1) is 12.8 Å². The van der Waals surface area contributed by atoms with Crippen LogP contribution in [0.25, 0.3) is 28.1 Å². The van der Waals surface area contributed by atoms with Gasteiger partial charge in [0.25, 0.3) is 5.56 Å². The van der Waals surface area contributed by atoms with Crippen LogP contribution in [0.4, 0.5) is 13.2 Å². The molecule has 0 radical (unpaired) electrons. The van der Waals surface area contributed by atoms with Gasteiger partial charge in [0.05, 0.1) is 23.6 Å². The van der Waals surface area contributed by atoms with E-state index in [4.69, 9.17) is 11.6 Å². The summed E-state index contributed by atoms with van der Waals surface area (Å²) < 4.78 is 44.3. The van der Waals surface area contributed by atoms with Crippen molar-refractivity contribution in [2.24, 2.45) is 5.92 Å². The molecule has 7 rings (SSSR count). The van der Waals surface area contributed by atoms with Crippen LogP contribution in [0.15, 0.2) is 59.8 Å². The quantitative estimate of drug-likeness (QED) is 0.339. The van der Waals surface area contributed by atoms with E-state index in [-0.39, 0.29) is 34.3 Å². The van der Waals surface area contributed by atoms with Crippen molar-refractivity contribution in [2.75, 3.05) is 0 Å². The second-order valence-electron chi connectivity index (χ2n) is 9.77. The number of hydrogen-bond donors (Lipinski definition) is 1. The van der Waals surface area contributed by atoms with Crippen molar-refractivity contribution >= 4 is 11.6 Å². The van der Waals surface area contributed by atoms with Gasteiger partial charge in [-0.1, -0.05) is 11.6 Å². The molecule has 1 fully saturated rings. The maximum atomic E-state index is 13.7. The number of pyridine rings is 2. The molecule has 4 aromatic heterocycles. The number of fused-ring (bicyclic) bond motifs is 3. The molecule has 1 aliphatic carbocycles. The molecule has 1 aromatic carbocycles. The molecular weight excluding hydrogens is 533 g/mol. The standard InChI is InChI=1S/C26H18ClF3N8O/c1-12-2-4-15(24(33-12)26(28,29)30)19-10-31-25(34-19)23-18-9-17(18)21-6-13(7-22(39)38(21)23)16-8-14(27)3-5-20(16)37-11-32-35-36-37/h2-8,10-11,17-18,23H,9H2,1H3,(H,31,34). The number of H-pyrrole nitrogens is 1. The first-order chi connectivity index (χ1) is 18.7. The topological polar surface area (TPSA) is 107 Å². The Kier molecular flexibility index (Phi) is 5.08. The number of tetrazole rings is 1. The lowest BCUT2D eigenvalue weighted by molar-refractivity contribution is -0.140. The lowest BCUT2D eigenvalue weighted by Gasteiger charge is -2.18. The number of rotatable bonds is 4. The second-order valence-corrected chi connectivity index (χ2v) is 10.2. The van der Waals surface area contributed by atoms with Gasteiger partial charge in [-0.25, -0.2) is 9.97 Å². The molecule has 1 saturated carbocycles. The highest BCUT2D eigenvalue weighted by atomic mass is 35.5. The number of benzene rings is 1. The van der Waals surface area contributed by atoms with Crippen LogP contribution in [0.3, 0.4) is 0 Å². The zero-order valence-electron chi connectivity index (χ0n) is 20.2. The van der Waals surface area contributed by atoms with Crippen LogP contribution in [0.5, 0.6) is 0 Å². The van der Waals surface area contributed by atoms with Crippen LogP contribution in [0.2, 0.25) is 5.02 Å². The summed E-state index contributed by atoms with van der Waals surface area (Å²) in [6.45, 7) is 1.51. The largest absolute Gasteiger partial charge is 0.434 e. The highest BCUT2D eigenvalue weighted by Gasteiger charge is 2.54. The molecule has 2 aliphatic rings. The summed E-state index contributed by atoms with van der Waals surface area (Å²) in [6.07, 6.45) is -0.944. The van der Waals surface area contributed by atoms with Gasteiger partial charge in [0.1, 0.15) is 12.2 Å². The Morgan fingerprint density at radius 1 is 1.10 bits per heavy atom. The summed E-state index contributed by atoms with van der Waals surface area (Å²) in [6, 6.07) is 11.2. The van der Waals surface area contributed by atoms with Gasteiger partial charge in [0.15, 0.2) is 5.69 Å². The maximum Gasteiger partial charge on any atom is 0.434 e. The number of halogens is 4. The zero-order valence-corrected chi connectivity index (χ0v) is 20.9. The summed E-state index contributed by atoms with van der Waals surface area (Å²) >= 11 is 6.29. The highest BCUT2D eigenvalue weighted by Crippen LogP contribution is 2.60. The summed E-state index contributed by atoms with van der Waals surface area (Å²) in [7, 11) is 0. The fourth-order valence-corrected chi connectivity index (χ4v) is 5.76. The zero-order chi connectivity index (χ0) is 27.1. The van der Waals surface area contributed by atoms with Crippen LogP contribution in [-0.4, -0.2) is 39.7 Å². The predicted octanol–water partition coefficient (Wildman–Crippen LogP) is 4.96. The summed E-state index contributed by atoms with van der Waals surface area (Å²) in [4.78, 5) is 24.7. The molecule has 0 bridgehead atoms. The Labute approximate surface area is 223 Å². The predicted molar refractivity (Wildman–Crippen MR) is 134 cm³/mol. The summed E-state index contributed by atoms with van der Waals surface area (Å²) in [5.74, 6) is 0.694. The third kappa shape index (κ3) is 3.85. The van der Waals surface area contributed by atoms with Crippen LogP contribution in [0.1, 0.15) is 41.3 Å². The SMILES string of the molecule is Cc1ccc(-c2cnc(C3C4CC4c4cc(-c5cc(Cl)ccc5-n5cnnn5)cc(=O)n43)[nH]2)c(C(F)(F)F)n1. The molecule has 5 aromatic rings. The third-order valence-electron chi connectivity index (χ3n) is 7.34. The van der Waals surface area contributed by atoms with E-state index in [2.05, 4.69) is 30.5 Å². The molecule has 39 heavy (non-hydrogen) atoms. The van der Waals surface area contributed by atoms with Crippen molar-refractivity contribution in [3.8, 4) is 28.1 Å². The number of imidazole rings is 1. The molecule has 3 atom stereocenters. The molecule has 3 unspecified atom stereocenters. The smallest absolute Gasteiger partial charge is 0.340 e. The molecule has 1 N–H and O–H groups in total. The minimum atomic E-state index is -4.62. The lowest BCUT2D eigenvalue weighted by Crippen LogP contribution is -2.26. The molecule has 9 nitrogen and oxygen atoms in total. The minimum absolute atomic E-state index is 0.0869. The monoisotopic (exact) mass is 550 g/mol. The van der Waals surface area contributed by atoms with Gasteiger partial charge >= 0.3 is 6.18 Å². The number of aromatic amines is 1. The van der Waals surface area contributed by atoms with Crippen molar-refractivity contribution < 1.29 is 13.2 Å². The Morgan fingerprint density at radius 2 is 1.95 bits per heavy atom. The number of nitrogens with zero attached hydrogens (tertiary/aromatic N) is 7. The number of alkyl halides is 3. The molecule has 5 heterocycles. The van der Waals surface area contributed by atoms with E-state index in [9.17, 15) is 18.0 Å². The Bertz CT molecular complexity index is 1810. The number of hydrogen-bond acceptors (Lipinski definition) is 6. The average Bonchev–Trinajstić information content (AvgIpc) is 3.25. The van der Waals surface area contributed by atoms with E-state index >= 15 is 0 Å². The van der Waals surface area contributed by atoms with Gasteiger partial charge in [0.2, 0.25) is 0 Å². The average molecular weight is 551 g/mol.